The second-order valence-electron chi connectivity index (χ2n) is 3.56. The van der Waals surface area contributed by atoms with Crippen molar-refractivity contribution in [2.45, 2.75) is 6.61 Å². The topological polar surface area (TPSA) is 18.5 Å². The molecular formula is C14H13ClO2. The fourth-order valence-electron chi connectivity index (χ4n) is 1.45. The quantitative estimate of drug-likeness (QED) is 0.816. The van der Waals surface area contributed by atoms with Crippen molar-refractivity contribution in [3.63, 3.8) is 0 Å². The molecule has 0 unspecified atom stereocenters. The summed E-state index contributed by atoms with van der Waals surface area (Å²) in [5.41, 5.74) is 0.977. The summed E-state index contributed by atoms with van der Waals surface area (Å²) in [6.07, 6.45) is 0. The van der Waals surface area contributed by atoms with Crippen LogP contribution in [0.4, 0.5) is 0 Å². The second kappa shape index (κ2) is 5.60. The molecule has 2 aromatic carbocycles. The highest BCUT2D eigenvalue weighted by Gasteiger charge is 2.00. The highest BCUT2D eigenvalue weighted by molar-refractivity contribution is 6.31. The molecule has 0 heterocycles. The van der Waals surface area contributed by atoms with Crippen LogP contribution in [-0.2, 0) is 6.61 Å². The van der Waals surface area contributed by atoms with Crippen LogP contribution in [-0.4, -0.2) is 7.11 Å². The van der Waals surface area contributed by atoms with Crippen LogP contribution in [0.1, 0.15) is 5.56 Å². The normalized spacial score (nSPS) is 10.0. The fourth-order valence-corrected chi connectivity index (χ4v) is 1.64. The molecule has 0 aliphatic carbocycles. The molecule has 0 atom stereocenters. The Kier molecular flexibility index (Phi) is 3.89. The van der Waals surface area contributed by atoms with Crippen molar-refractivity contribution in [3.05, 3.63) is 59.1 Å². The van der Waals surface area contributed by atoms with Gasteiger partial charge in [-0.15, -0.1) is 0 Å². The zero-order chi connectivity index (χ0) is 12.1. The summed E-state index contributed by atoms with van der Waals surface area (Å²) in [7, 11) is 1.64. The minimum absolute atomic E-state index is 0.464. The van der Waals surface area contributed by atoms with E-state index in [1.807, 2.05) is 48.5 Å². The number of benzene rings is 2. The van der Waals surface area contributed by atoms with Gasteiger partial charge in [-0.3, -0.25) is 0 Å². The van der Waals surface area contributed by atoms with E-state index >= 15 is 0 Å². The first-order valence-electron chi connectivity index (χ1n) is 5.30. The summed E-state index contributed by atoms with van der Waals surface area (Å²) < 4.78 is 10.7. The SMILES string of the molecule is COc1ccc(OCc2ccccc2Cl)cc1. The molecule has 2 nitrogen and oxygen atoms in total. The summed E-state index contributed by atoms with van der Waals surface area (Å²) in [5, 5.41) is 0.723. The van der Waals surface area contributed by atoms with E-state index in [0.29, 0.717) is 6.61 Å². The van der Waals surface area contributed by atoms with Gasteiger partial charge in [-0.25, -0.2) is 0 Å². The van der Waals surface area contributed by atoms with Gasteiger partial charge in [0.15, 0.2) is 0 Å². The van der Waals surface area contributed by atoms with Crippen molar-refractivity contribution < 1.29 is 9.47 Å². The predicted molar refractivity (Wildman–Crippen MR) is 68.8 cm³/mol. The lowest BCUT2D eigenvalue weighted by Gasteiger charge is -2.08. The van der Waals surface area contributed by atoms with Crippen molar-refractivity contribution in [1.29, 1.82) is 0 Å². The van der Waals surface area contributed by atoms with E-state index in [0.717, 1.165) is 22.1 Å². The van der Waals surface area contributed by atoms with Gasteiger partial charge in [0.1, 0.15) is 18.1 Å². The summed E-state index contributed by atoms with van der Waals surface area (Å²) in [6.45, 7) is 0.464. The van der Waals surface area contributed by atoms with Gasteiger partial charge < -0.3 is 9.47 Å². The maximum absolute atomic E-state index is 6.04. The third-order valence-corrected chi connectivity index (χ3v) is 2.78. The molecule has 0 aromatic heterocycles. The summed E-state index contributed by atoms with van der Waals surface area (Å²) in [6, 6.07) is 15.1. The van der Waals surface area contributed by atoms with E-state index in [4.69, 9.17) is 21.1 Å². The highest BCUT2D eigenvalue weighted by Crippen LogP contribution is 2.20. The molecule has 0 spiro atoms. The average molecular weight is 249 g/mol. The molecule has 0 aliphatic rings. The molecule has 2 aromatic rings. The van der Waals surface area contributed by atoms with E-state index in [1.54, 1.807) is 7.11 Å². The number of hydrogen-bond donors (Lipinski definition) is 0. The van der Waals surface area contributed by atoms with E-state index in [1.165, 1.54) is 0 Å². The third-order valence-electron chi connectivity index (χ3n) is 2.41. The molecule has 0 saturated carbocycles. The Hall–Kier alpha value is -1.67. The zero-order valence-corrected chi connectivity index (χ0v) is 10.3. The van der Waals surface area contributed by atoms with Crippen LogP contribution in [0.3, 0.4) is 0 Å². The molecule has 0 radical (unpaired) electrons. The number of methoxy groups -OCH3 is 1. The molecule has 0 N–H and O–H groups in total. The highest BCUT2D eigenvalue weighted by atomic mass is 35.5. The number of hydrogen-bond acceptors (Lipinski definition) is 2. The van der Waals surface area contributed by atoms with Gasteiger partial charge in [0.25, 0.3) is 0 Å². The Morgan fingerprint density at radius 2 is 1.59 bits per heavy atom. The largest absolute Gasteiger partial charge is 0.497 e. The standard InChI is InChI=1S/C14H13ClO2/c1-16-12-6-8-13(9-7-12)17-10-11-4-2-3-5-14(11)15/h2-9H,10H2,1H3. The Balaban J connectivity index is 2.00. The molecule has 0 amide bonds. The van der Waals surface area contributed by atoms with E-state index in [2.05, 4.69) is 0 Å². The molecule has 88 valence electrons. The first kappa shape index (κ1) is 11.8. The lowest BCUT2D eigenvalue weighted by atomic mass is 10.2. The van der Waals surface area contributed by atoms with Crippen molar-refractivity contribution in [3.8, 4) is 11.5 Å². The van der Waals surface area contributed by atoms with Crippen LogP contribution < -0.4 is 9.47 Å². The number of rotatable bonds is 4. The van der Waals surface area contributed by atoms with Gasteiger partial charge in [0.2, 0.25) is 0 Å². The molecule has 0 saturated heterocycles. The maximum Gasteiger partial charge on any atom is 0.120 e. The smallest absolute Gasteiger partial charge is 0.120 e. The third kappa shape index (κ3) is 3.14. The molecule has 2 rings (SSSR count). The van der Waals surface area contributed by atoms with E-state index in [9.17, 15) is 0 Å². The summed E-state index contributed by atoms with van der Waals surface area (Å²) >= 11 is 6.04. The Morgan fingerprint density at radius 1 is 0.941 bits per heavy atom. The van der Waals surface area contributed by atoms with Crippen molar-refractivity contribution in [2.24, 2.45) is 0 Å². The van der Waals surface area contributed by atoms with Crippen molar-refractivity contribution in [2.75, 3.05) is 7.11 Å². The number of ether oxygens (including phenoxy) is 2. The van der Waals surface area contributed by atoms with E-state index in [-0.39, 0.29) is 0 Å². The van der Waals surface area contributed by atoms with Gasteiger partial charge in [-0.05, 0) is 30.3 Å². The van der Waals surface area contributed by atoms with Gasteiger partial charge in [0.05, 0.1) is 7.11 Å². The van der Waals surface area contributed by atoms with Gasteiger partial charge in [-0.2, -0.15) is 0 Å². The minimum Gasteiger partial charge on any atom is -0.497 e. The van der Waals surface area contributed by atoms with Crippen molar-refractivity contribution >= 4 is 11.6 Å². The Morgan fingerprint density at radius 3 is 2.24 bits per heavy atom. The Labute approximate surface area is 106 Å². The van der Waals surface area contributed by atoms with Crippen LogP contribution >= 0.6 is 11.6 Å². The minimum atomic E-state index is 0.464. The first-order chi connectivity index (χ1) is 8.29. The fraction of sp³-hybridized carbons (Fsp3) is 0.143. The molecular weight excluding hydrogens is 236 g/mol. The van der Waals surface area contributed by atoms with Crippen molar-refractivity contribution in [1.82, 2.24) is 0 Å². The predicted octanol–water partition coefficient (Wildman–Crippen LogP) is 3.93. The second-order valence-corrected chi connectivity index (χ2v) is 3.96. The zero-order valence-electron chi connectivity index (χ0n) is 9.52. The lowest BCUT2D eigenvalue weighted by Crippen LogP contribution is -1.96. The number of halogens is 1. The Bertz CT molecular complexity index is 480. The lowest BCUT2D eigenvalue weighted by molar-refractivity contribution is 0.305. The summed E-state index contributed by atoms with van der Waals surface area (Å²) in [5.74, 6) is 1.61. The van der Waals surface area contributed by atoms with Crippen LogP contribution in [0.25, 0.3) is 0 Å². The molecule has 0 fully saturated rings. The van der Waals surface area contributed by atoms with Gasteiger partial charge in [0, 0.05) is 10.6 Å². The molecule has 3 heteroatoms. The van der Waals surface area contributed by atoms with Crippen LogP contribution in [0.15, 0.2) is 48.5 Å². The average Bonchev–Trinajstić information content (AvgIpc) is 2.38. The monoisotopic (exact) mass is 248 g/mol. The molecule has 17 heavy (non-hydrogen) atoms. The van der Waals surface area contributed by atoms with Gasteiger partial charge >= 0.3 is 0 Å². The maximum atomic E-state index is 6.04. The van der Waals surface area contributed by atoms with Crippen LogP contribution in [0.5, 0.6) is 11.5 Å². The first-order valence-corrected chi connectivity index (χ1v) is 5.67. The van der Waals surface area contributed by atoms with Crippen LogP contribution in [0.2, 0.25) is 5.02 Å². The van der Waals surface area contributed by atoms with Gasteiger partial charge in [-0.1, -0.05) is 29.8 Å². The summed E-state index contributed by atoms with van der Waals surface area (Å²) in [4.78, 5) is 0. The molecule has 0 bridgehead atoms. The molecule has 0 aliphatic heterocycles. The van der Waals surface area contributed by atoms with E-state index < -0.39 is 0 Å². The van der Waals surface area contributed by atoms with Crippen LogP contribution in [0, 0.1) is 0 Å².